The number of rotatable bonds is 12. The molecule has 4 aromatic rings. The van der Waals surface area contributed by atoms with Gasteiger partial charge >= 0.3 is 5.97 Å². The maximum Gasteiger partial charge on any atom is 0.327 e. The second-order valence-electron chi connectivity index (χ2n) is 9.35. The molecule has 210 valence electrons. The standard InChI is InChI=1S/C28H32N6O5S/c1-4-8-25(32-24-11-5-6-14-29-24)39-28(36)23(34-40(37,38)26-18(2)9-7-10-19(26)3)17-30-27(35)20-12-13-21-16-31-33-22(21)15-20/h5-7,9-16,23,25,34H,4,8,17H2,1-3H3,(H,29,32)(H,30,35)(H,31,33). The lowest BCUT2D eigenvalue weighted by atomic mass is 10.1. The minimum Gasteiger partial charge on any atom is -0.440 e. The first-order valence-corrected chi connectivity index (χ1v) is 14.3. The molecule has 0 fully saturated rings. The Bertz CT molecular complexity index is 1570. The zero-order valence-corrected chi connectivity index (χ0v) is 23.3. The zero-order valence-electron chi connectivity index (χ0n) is 22.5. The number of amides is 1. The summed E-state index contributed by atoms with van der Waals surface area (Å²) in [4.78, 5) is 30.6. The fraction of sp³-hybridized carbons (Fsp3) is 0.286. The van der Waals surface area contributed by atoms with E-state index in [9.17, 15) is 18.0 Å². The highest BCUT2D eigenvalue weighted by molar-refractivity contribution is 7.89. The van der Waals surface area contributed by atoms with Gasteiger partial charge in [0.2, 0.25) is 10.0 Å². The Labute approximate surface area is 232 Å². The third-order valence-corrected chi connectivity index (χ3v) is 7.99. The van der Waals surface area contributed by atoms with Crippen LogP contribution in [0.4, 0.5) is 5.82 Å². The number of carbonyl (C=O) groups is 2. The van der Waals surface area contributed by atoms with Crippen LogP contribution in [-0.4, -0.2) is 54.3 Å². The third kappa shape index (κ3) is 7.01. The van der Waals surface area contributed by atoms with Crippen LogP contribution >= 0.6 is 0 Å². The molecule has 0 saturated carbocycles. The average Bonchev–Trinajstić information content (AvgIpc) is 3.39. The van der Waals surface area contributed by atoms with Gasteiger partial charge in [-0.1, -0.05) is 43.7 Å². The summed E-state index contributed by atoms with van der Waals surface area (Å²) in [5, 5.41) is 13.3. The SMILES string of the molecule is CCCC(Nc1ccccn1)OC(=O)C(CNC(=O)c1ccc2cn[nH]c2c1)NS(=O)(=O)c1c(C)cccc1C. The maximum absolute atomic E-state index is 13.5. The van der Waals surface area contributed by atoms with Crippen LogP contribution in [0.15, 0.2) is 71.9 Å². The fourth-order valence-corrected chi connectivity index (χ4v) is 5.93. The quantitative estimate of drug-likeness (QED) is 0.151. The molecular formula is C28H32N6O5S. The van der Waals surface area contributed by atoms with Gasteiger partial charge in [-0.15, -0.1) is 0 Å². The predicted molar refractivity (Wildman–Crippen MR) is 151 cm³/mol. The van der Waals surface area contributed by atoms with E-state index in [1.807, 2.05) is 6.92 Å². The highest BCUT2D eigenvalue weighted by Crippen LogP contribution is 2.20. The molecule has 40 heavy (non-hydrogen) atoms. The van der Waals surface area contributed by atoms with Crippen molar-refractivity contribution in [3.05, 3.63) is 83.7 Å². The van der Waals surface area contributed by atoms with Crippen LogP contribution < -0.4 is 15.4 Å². The number of aryl methyl sites for hydroxylation is 2. The molecule has 1 amide bonds. The molecule has 0 aliphatic rings. The van der Waals surface area contributed by atoms with Gasteiger partial charge in [0.05, 0.1) is 16.6 Å². The number of benzene rings is 2. The minimum absolute atomic E-state index is 0.0699. The van der Waals surface area contributed by atoms with Crippen LogP contribution in [0.2, 0.25) is 0 Å². The Morgan fingerprint density at radius 1 is 1.05 bits per heavy atom. The van der Waals surface area contributed by atoms with Crippen molar-refractivity contribution in [3.63, 3.8) is 0 Å². The summed E-state index contributed by atoms with van der Waals surface area (Å²) >= 11 is 0. The van der Waals surface area contributed by atoms with Crippen molar-refractivity contribution in [1.29, 1.82) is 0 Å². The Hall–Kier alpha value is -4.29. The Morgan fingerprint density at radius 3 is 2.52 bits per heavy atom. The molecule has 2 aromatic heterocycles. The average molecular weight is 565 g/mol. The van der Waals surface area contributed by atoms with Gasteiger partial charge < -0.3 is 15.4 Å². The van der Waals surface area contributed by atoms with Gasteiger partial charge in [-0.25, -0.2) is 13.4 Å². The second-order valence-corrected chi connectivity index (χ2v) is 11.0. The highest BCUT2D eigenvalue weighted by atomic mass is 32.2. The van der Waals surface area contributed by atoms with Crippen molar-refractivity contribution in [3.8, 4) is 0 Å². The smallest absolute Gasteiger partial charge is 0.327 e. The molecule has 0 aliphatic heterocycles. The van der Waals surface area contributed by atoms with Crippen LogP contribution in [0.5, 0.6) is 0 Å². The number of aromatic amines is 1. The molecule has 2 aromatic carbocycles. The maximum atomic E-state index is 13.5. The van der Waals surface area contributed by atoms with Crippen molar-refractivity contribution < 1.29 is 22.7 Å². The first-order chi connectivity index (χ1) is 19.2. The van der Waals surface area contributed by atoms with Crippen molar-refractivity contribution in [2.24, 2.45) is 0 Å². The molecular weight excluding hydrogens is 532 g/mol. The normalized spacial score (nSPS) is 13.0. The number of fused-ring (bicyclic) bond motifs is 1. The highest BCUT2D eigenvalue weighted by Gasteiger charge is 2.31. The monoisotopic (exact) mass is 564 g/mol. The van der Waals surface area contributed by atoms with Crippen LogP contribution in [-0.2, 0) is 19.6 Å². The third-order valence-electron chi connectivity index (χ3n) is 6.21. The van der Waals surface area contributed by atoms with E-state index in [0.29, 0.717) is 40.9 Å². The van der Waals surface area contributed by atoms with Crippen LogP contribution in [0.3, 0.4) is 0 Å². The summed E-state index contributed by atoms with van der Waals surface area (Å²) < 4.78 is 35.1. The van der Waals surface area contributed by atoms with Crippen molar-refractivity contribution in [2.45, 2.75) is 50.8 Å². The molecule has 2 unspecified atom stereocenters. The van der Waals surface area contributed by atoms with Gasteiger partial charge in [-0.2, -0.15) is 9.82 Å². The van der Waals surface area contributed by atoms with Gasteiger partial charge in [0.15, 0.2) is 6.23 Å². The number of H-pyrrole nitrogens is 1. The van der Waals surface area contributed by atoms with E-state index in [2.05, 4.69) is 30.5 Å². The summed E-state index contributed by atoms with van der Waals surface area (Å²) in [6.45, 7) is 4.94. The molecule has 11 nitrogen and oxygen atoms in total. The van der Waals surface area contributed by atoms with Crippen LogP contribution in [0.1, 0.15) is 41.3 Å². The minimum atomic E-state index is -4.15. The first-order valence-electron chi connectivity index (χ1n) is 12.9. The van der Waals surface area contributed by atoms with Gasteiger partial charge in [0.25, 0.3) is 5.91 Å². The summed E-state index contributed by atoms with van der Waals surface area (Å²) in [5.41, 5.74) is 2.04. The number of sulfonamides is 1. The first kappa shape index (κ1) is 28.7. The summed E-state index contributed by atoms with van der Waals surface area (Å²) in [5.74, 6) is -0.831. The van der Waals surface area contributed by atoms with E-state index < -0.39 is 34.2 Å². The van der Waals surface area contributed by atoms with Crippen molar-refractivity contribution >= 4 is 38.6 Å². The lowest BCUT2D eigenvalue weighted by Gasteiger charge is -2.24. The van der Waals surface area contributed by atoms with Crippen LogP contribution in [0.25, 0.3) is 10.9 Å². The molecule has 0 bridgehead atoms. The lowest BCUT2D eigenvalue weighted by Crippen LogP contribution is -2.50. The Morgan fingerprint density at radius 2 is 1.82 bits per heavy atom. The number of hydrogen-bond donors (Lipinski definition) is 4. The molecule has 4 N–H and O–H groups in total. The van der Waals surface area contributed by atoms with Gasteiger partial charge in [-0.05, 0) is 49.2 Å². The number of nitrogens with zero attached hydrogens (tertiary/aromatic N) is 2. The molecule has 12 heteroatoms. The number of carbonyl (C=O) groups excluding carboxylic acids is 2. The van der Waals surface area contributed by atoms with E-state index in [1.165, 1.54) is 0 Å². The molecule has 2 heterocycles. The zero-order chi connectivity index (χ0) is 28.7. The molecule has 0 aliphatic carbocycles. The summed E-state index contributed by atoms with van der Waals surface area (Å²) in [7, 11) is -4.15. The van der Waals surface area contributed by atoms with E-state index in [-0.39, 0.29) is 11.4 Å². The largest absolute Gasteiger partial charge is 0.440 e. The number of ether oxygens (including phenoxy) is 1. The van der Waals surface area contributed by atoms with Gasteiger partial charge in [0, 0.05) is 30.1 Å². The Balaban J connectivity index is 1.56. The molecule has 0 radical (unpaired) electrons. The van der Waals surface area contributed by atoms with Crippen LogP contribution in [0, 0.1) is 13.8 Å². The van der Waals surface area contributed by atoms with Gasteiger partial charge in [0.1, 0.15) is 11.9 Å². The Kier molecular flexibility index (Phi) is 9.12. The fourth-order valence-electron chi connectivity index (χ4n) is 4.28. The molecule has 2 atom stereocenters. The van der Waals surface area contributed by atoms with Crippen molar-refractivity contribution in [1.82, 2.24) is 25.2 Å². The van der Waals surface area contributed by atoms with Gasteiger partial charge in [-0.3, -0.25) is 14.7 Å². The van der Waals surface area contributed by atoms with E-state index in [1.54, 1.807) is 80.8 Å². The van der Waals surface area contributed by atoms with E-state index >= 15 is 0 Å². The summed E-state index contributed by atoms with van der Waals surface area (Å²) in [6.07, 6.45) is 3.61. The summed E-state index contributed by atoms with van der Waals surface area (Å²) in [6, 6.07) is 14.0. The number of nitrogens with one attached hydrogen (secondary N) is 4. The molecule has 0 spiro atoms. The van der Waals surface area contributed by atoms with E-state index in [0.717, 1.165) is 5.39 Å². The van der Waals surface area contributed by atoms with Crippen molar-refractivity contribution in [2.75, 3.05) is 11.9 Å². The number of anilines is 1. The number of pyridine rings is 1. The number of aromatic nitrogens is 3. The second kappa shape index (κ2) is 12.7. The molecule has 4 rings (SSSR count). The number of hydrogen-bond acceptors (Lipinski definition) is 8. The predicted octanol–water partition coefficient (Wildman–Crippen LogP) is 3.43. The lowest BCUT2D eigenvalue weighted by molar-refractivity contribution is -0.149. The molecule has 0 saturated heterocycles. The topological polar surface area (TPSA) is 155 Å². The number of esters is 1. The van der Waals surface area contributed by atoms with E-state index in [4.69, 9.17) is 4.74 Å².